The lowest BCUT2D eigenvalue weighted by Gasteiger charge is -2.35. The highest BCUT2D eigenvalue weighted by Crippen LogP contribution is 2.45. The van der Waals surface area contributed by atoms with Crippen LogP contribution in [0.5, 0.6) is 5.75 Å². The van der Waals surface area contributed by atoms with Crippen LogP contribution in [0.1, 0.15) is 37.7 Å². The summed E-state index contributed by atoms with van der Waals surface area (Å²) < 4.78 is 5.58. The van der Waals surface area contributed by atoms with Crippen molar-refractivity contribution in [3.8, 4) is 5.75 Å². The number of Topliss-reactive ketones (excluding diaryl/α,β-unsaturated/α-hetero) is 1. The zero-order valence-electron chi connectivity index (χ0n) is 16.5. The monoisotopic (exact) mass is 389 g/mol. The van der Waals surface area contributed by atoms with E-state index in [9.17, 15) is 9.59 Å². The van der Waals surface area contributed by atoms with Crippen LogP contribution in [0.25, 0.3) is 0 Å². The maximum atomic E-state index is 13.3. The third-order valence-electron chi connectivity index (χ3n) is 5.39. The Bertz CT molecular complexity index is 1020. The number of anilines is 1. The highest BCUT2D eigenvalue weighted by molar-refractivity contribution is 6.09. The van der Waals surface area contributed by atoms with Crippen LogP contribution in [-0.2, 0) is 9.59 Å². The van der Waals surface area contributed by atoms with E-state index < -0.39 is 5.92 Å². The number of carbonyl (C=O) groups excluding carboxylic acids is 2. The molecule has 1 aromatic heterocycles. The zero-order valence-corrected chi connectivity index (χ0v) is 16.5. The average Bonchev–Trinajstić information content (AvgIpc) is 2.73. The summed E-state index contributed by atoms with van der Waals surface area (Å²) in [6, 6.07) is 11.1. The summed E-state index contributed by atoms with van der Waals surface area (Å²) in [7, 11) is 1.60. The minimum Gasteiger partial charge on any atom is -0.496 e. The first kappa shape index (κ1) is 18.9. The van der Waals surface area contributed by atoms with Gasteiger partial charge in [0, 0.05) is 40.7 Å². The number of rotatable bonds is 4. The van der Waals surface area contributed by atoms with E-state index in [-0.39, 0.29) is 11.7 Å². The number of hydrogen-bond acceptors (Lipinski definition) is 5. The minimum atomic E-state index is -0.480. The number of ether oxygens (including phenoxy) is 1. The maximum absolute atomic E-state index is 13.3. The van der Waals surface area contributed by atoms with Gasteiger partial charge in [-0.15, -0.1) is 0 Å². The molecular formula is C23H23N3O3. The number of nitrogens with zero attached hydrogens (tertiary/aromatic N) is 1. The molecule has 0 saturated carbocycles. The first-order valence-corrected chi connectivity index (χ1v) is 9.68. The van der Waals surface area contributed by atoms with Gasteiger partial charge in [0.25, 0.3) is 5.91 Å². The van der Waals surface area contributed by atoms with Gasteiger partial charge in [-0.2, -0.15) is 0 Å². The molecule has 0 saturated heterocycles. The Hall–Kier alpha value is -3.41. The molecule has 6 heteroatoms. The van der Waals surface area contributed by atoms with E-state index in [4.69, 9.17) is 4.74 Å². The third kappa shape index (κ3) is 3.53. The van der Waals surface area contributed by atoms with Gasteiger partial charge in [0.2, 0.25) is 0 Å². The normalized spacial score (nSPS) is 18.8. The standard InChI is InChI=1S/C23H23N3O3/c1-14-20(23(28)26-15-7-6-12-24-13-15)21(16-8-3-4-11-19(16)29-2)22-17(25-14)9-5-10-18(22)27/h3-4,6-8,11-13,21,25H,5,9-10H2,1-2H3,(H,26,28)/t21-/m1/s1. The van der Waals surface area contributed by atoms with Crippen molar-refractivity contribution in [2.75, 3.05) is 12.4 Å². The lowest BCUT2D eigenvalue weighted by Crippen LogP contribution is -2.35. The molecule has 1 aromatic carbocycles. The van der Waals surface area contributed by atoms with E-state index in [1.165, 1.54) is 0 Å². The summed E-state index contributed by atoms with van der Waals surface area (Å²) >= 11 is 0. The van der Waals surface area contributed by atoms with E-state index >= 15 is 0 Å². The number of aromatic nitrogens is 1. The van der Waals surface area contributed by atoms with Crippen LogP contribution in [0.2, 0.25) is 0 Å². The number of para-hydroxylation sites is 1. The summed E-state index contributed by atoms with van der Waals surface area (Å²) in [6.45, 7) is 1.88. The number of allylic oxidation sites excluding steroid dienone is 3. The number of dihydropyridines is 1. The predicted octanol–water partition coefficient (Wildman–Crippen LogP) is 3.70. The maximum Gasteiger partial charge on any atom is 0.254 e. The van der Waals surface area contributed by atoms with Crippen molar-refractivity contribution in [2.24, 2.45) is 0 Å². The molecule has 4 rings (SSSR count). The molecule has 2 aliphatic rings. The van der Waals surface area contributed by atoms with Crippen molar-refractivity contribution in [3.05, 3.63) is 76.9 Å². The second-order valence-electron chi connectivity index (χ2n) is 7.20. The van der Waals surface area contributed by atoms with Crippen molar-refractivity contribution in [2.45, 2.75) is 32.1 Å². The van der Waals surface area contributed by atoms with Gasteiger partial charge >= 0.3 is 0 Å². The molecule has 2 aromatic rings. The molecule has 29 heavy (non-hydrogen) atoms. The van der Waals surface area contributed by atoms with E-state index in [0.29, 0.717) is 29.0 Å². The second-order valence-corrected chi connectivity index (χ2v) is 7.20. The molecule has 2 N–H and O–H groups in total. The van der Waals surface area contributed by atoms with Gasteiger partial charge in [0.05, 0.1) is 24.9 Å². The number of carbonyl (C=O) groups is 2. The van der Waals surface area contributed by atoms with E-state index in [1.807, 2.05) is 31.2 Å². The van der Waals surface area contributed by atoms with Gasteiger partial charge in [0.15, 0.2) is 5.78 Å². The summed E-state index contributed by atoms with van der Waals surface area (Å²) in [4.78, 5) is 30.3. The van der Waals surface area contributed by atoms with Crippen LogP contribution >= 0.6 is 0 Å². The molecule has 1 amide bonds. The van der Waals surface area contributed by atoms with Crippen LogP contribution in [0, 0.1) is 0 Å². The Kier molecular flexibility index (Phi) is 5.16. The van der Waals surface area contributed by atoms with E-state index in [0.717, 1.165) is 29.8 Å². The third-order valence-corrected chi connectivity index (χ3v) is 5.39. The number of hydrogen-bond donors (Lipinski definition) is 2. The quantitative estimate of drug-likeness (QED) is 0.834. The van der Waals surface area contributed by atoms with Gasteiger partial charge in [-0.05, 0) is 38.0 Å². The molecule has 1 atom stereocenters. The number of amides is 1. The van der Waals surface area contributed by atoms with E-state index in [1.54, 1.807) is 31.6 Å². The Morgan fingerprint density at radius 3 is 2.79 bits per heavy atom. The summed E-state index contributed by atoms with van der Waals surface area (Å²) in [6.07, 6.45) is 5.34. The van der Waals surface area contributed by atoms with Crippen LogP contribution < -0.4 is 15.4 Å². The first-order chi connectivity index (χ1) is 14.1. The number of methoxy groups -OCH3 is 1. The molecular weight excluding hydrogens is 366 g/mol. The first-order valence-electron chi connectivity index (χ1n) is 9.68. The minimum absolute atomic E-state index is 0.0776. The van der Waals surface area contributed by atoms with Crippen LogP contribution in [0.15, 0.2) is 71.3 Å². The molecule has 0 fully saturated rings. The molecule has 6 nitrogen and oxygen atoms in total. The lowest BCUT2D eigenvalue weighted by atomic mass is 9.74. The fourth-order valence-corrected chi connectivity index (χ4v) is 4.14. The van der Waals surface area contributed by atoms with Crippen molar-refractivity contribution in [3.63, 3.8) is 0 Å². The zero-order chi connectivity index (χ0) is 20.4. The van der Waals surface area contributed by atoms with Gasteiger partial charge in [-0.3, -0.25) is 14.6 Å². The SMILES string of the molecule is COc1ccccc1[C@@H]1C(C(=O)Nc2cccnc2)=C(C)NC2=C1C(=O)CCC2. The molecule has 2 heterocycles. The molecule has 1 aliphatic heterocycles. The van der Waals surface area contributed by atoms with Crippen molar-refractivity contribution in [1.82, 2.24) is 10.3 Å². The highest BCUT2D eigenvalue weighted by Gasteiger charge is 2.39. The number of nitrogens with one attached hydrogen (secondary N) is 2. The van der Waals surface area contributed by atoms with Gasteiger partial charge < -0.3 is 15.4 Å². The lowest BCUT2D eigenvalue weighted by molar-refractivity contribution is -0.116. The van der Waals surface area contributed by atoms with Gasteiger partial charge in [-0.1, -0.05) is 18.2 Å². The van der Waals surface area contributed by atoms with Crippen LogP contribution in [0.3, 0.4) is 0 Å². The molecule has 0 radical (unpaired) electrons. The number of benzene rings is 1. The molecule has 0 spiro atoms. The van der Waals surface area contributed by atoms with Crippen molar-refractivity contribution < 1.29 is 14.3 Å². The summed E-state index contributed by atoms with van der Waals surface area (Å²) in [5.41, 5.74) is 4.26. The van der Waals surface area contributed by atoms with Gasteiger partial charge in [0.1, 0.15) is 5.75 Å². The Morgan fingerprint density at radius 1 is 1.21 bits per heavy atom. The smallest absolute Gasteiger partial charge is 0.254 e. The Labute approximate surface area is 169 Å². The predicted molar refractivity (Wildman–Crippen MR) is 110 cm³/mol. The second kappa shape index (κ2) is 7.91. The molecule has 0 bridgehead atoms. The topological polar surface area (TPSA) is 80.3 Å². The van der Waals surface area contributed by atoms with E-state index in [2.05, 4.69) is 15.6 Å². The van der Waals surface area contributed by atoms with Crippen molar-refractivity contribution in [1.29, 1.82) is 0 Å². The fraction of sp³-hybridized carbons (Fsp3) is 0.261. The van der Waals surface area contributed by atoms with Gasteiger partial charge in [-0.25, -0.2) is 0 Å². The largest absolute Gasteiger partial charge is 0.496 e. The fourth-order valence-electron chi connectivity index (χ4n) is 4.14. The summed E-state index contributed by atoms with van der Waals surface area (Å²) in [5.74, 6) is -0.00589. The van der Waals surface area contributed by atoms with Crippen molar-refractivity contribution >= 4 is 17.4 Å². The number of ketones is 1. The Balaban J connectivity index is 1.83. The molecule has 1 aliphatic carbocycles. The molecule has 148 valence electrons. The van der Waals surface area contributed by atoms with Crippen LogP contribution in [0.4, 0.5) is 5.69 Å². The molecule has 0 unspecified atom stereocenters. The average molecular weight is 389 g/mol. The number of pyridine rings is 1. The summed E-state index contributed by atoms with van der Waals surface area (Å²) in [5, 5.41) is 6.24. The Morgan fingerprint density at radius 2 is 2.03 bits per heavy atom. The highest BCUT2D eigenvalue weighted by atomic mass is 16.5. The van der Waals surface area contributed by atoms with Crippen LogP contribution in [-0.4, -0.2) is 23.8 Å².